The van der Waals surface area contributed by atoms with Crippen LogP contribution in [-0.4, -0.2) is 11.6 Å². The van der Waals surface area contributed by atoms with Gasteiger partial charge in [0.15, 0.2) is 0 Å². The Balaban J connectivity index is 2.47. The van der Waals surface area contributed by atoms with E-state index in [0.29, 0.717) is 12.2 Å². The van der Waals surface area contributed by atoms with Crippen molar-refractivity contribution in [1.29, 1.82) is 0 Å². The Labute approximate surface area is 105 Å². The van der Waals surface area contributed by atoms with Crippen molar-refractivity contribution in [3.63, 3.8) is 0 Å². The molecule has 0 heterocycles. The predicted octanol–water partition coefficient (Wildman–Crippen LogP) is 3.78. The molecular weight excluding hydrogens is 212 g/mol. The first-order valence-electron chi connectivity index (χ1n) is 6.89. The highest BCUT2D eigenvalue weighted by Crippen LogP contribution is 2.28. The topological polar surface area (TPSA) is 34.1 Å². The van der Waals surface area contributed by atoms with Gasteiger partial charge in [0.25, 0.3) is 0 Å². The number of hydrogen-bond acceptors (Lipinski definition) is 2. The molecule has 1 saturated carbocycles. The van der Waals surface area contributed by atoms with E-state index in [0.717, 1.165) is 12.8 Å². The second-order valence-corrected chi connectivity index (χ2v) is 6.52. The number of rotatable bonds is 4. The van der Waals surface area contributed by atoms with Crippen molar-refractivity contribution in [3.8, 4) is 0 Å². The first-order valence-corrected chi connectivity index (χ1v) is 6.89. The molecule has 17 heavy (non-hydrogen) atoms. The van der Waals surface area contributed by atoms with Crippen LogP contribution in [0.1, 0.15) is 66.2 Å². The molecule has 2 nitrogen and oxygen atoms in total. The molecular formula is C15H26O2. The van der Waals surface area contributed by atoms with E-state index in [2.05, 4.69) is 0 Å². The summed E-state index contributed by atoms with van der Waals surface area (Å²) in [5.41, 5.74) is -0.327. The van der Waals surface area contributed by atoms with E-state index < -0.39 is 0 Å². The Morgan fingerprint density at radius 1 is 1.12 bits per heavy atom. The van der Waals surface area contributed by atoms with E-state index in [4.69, 9.17) is 0 Å². The number of ketones is 2. The minimum atomic E-state index is -0.327. The molecule has 1 unspecified atom stereocenters. The van der Waals surface area contributed by atoms with Crippen molar-refractivity contribution in [2.24, 2.45) is 17.3 Å². The van der Waals surface area contributed by atoms with Crippen molar-refractivity contribution >= 4 is 11.6 Å². The average Bonchev–Trinajstić information content (AvgIpc) is 2.27. The lowest BCUT2D eigenvalue weighted by Gasteiger charge is -2.24. The van der Waals surface area contributed by atoms with Crippen molar-refractivity contribution in [3.05, 3.63) is 0 Å². The molecule has 0 N–H and O–H groups in total. The highest BCUT2D eigenvalue weighted by molar-refractivity contribution is 5.91. The molecule has 98 valence electrons. The molecule has 0 saturated heterocycles. The predicted molar refractivity (Wildman–Crippen MR) is 69.8 cm³/mol. The Bertz CT molecular complexity index is 280. The van der Waals surface area contributed by atoms with Gasteiger partial charge in [-0.15, -0.1) is 0 Å². The fourth-order valence-corrected chi connectivity index (χ4v) is 2.72. The number of carbonyl (C=O) groups excluding carboxylic acids is 2. The fraction of sp³-hybridized carbons (Fsp3) is 0.867. The summed E-state index contributed by atoms with van der Waals surface area (Å²) < 4.78 is 0. The lowest BCUT2D eigenvalue weighted by molar-refractivity contribution is -0.134. The van der Waals surface area contributed by atoms with Crippen molar-refractivity contribution in [1.82, 2.24) is 0 Å². The zero-order valence-corrected chi connectivity index (χ0v) is 11.7. The molecule has 1 fully saturated rings. The minimum Gasteiger partial charge on any atom is -0.299 e. The van der Waals surface area contributed by atoms with Gasteiger partial charge >= 0.3 is 0 Å². The van der Waals surface area contributed by atoms with Gasteiger partial charge in [-0.2, -0.15) is 0 Å². The van der Waals surface area contributed by atoms with E-state index in [9.17, 15) is 9.59 Å². The normalized spacial score (nSPS) is 20.0. The Morgan fingerprint density at radius 2 is 1.65 bits per heavy atom. The molecule has 1 rings (SSSR count). The second-order valence-electron chi connectivity index (χ2n) is 6.52. The summed E-state index contributed by atoms with van der Waals surface area (Å²) in [6.45, 7) is 7.68. The molecule has 2 heteroatoms. The average molecular weight is 238 g/mol. The van der Waals surface area contributed by atoms with Crippen LogP contribution in [0.2, 0.25) is 0 Å². The molecule has 0 spiro atoms. The highest BCUT2D eigenvalue weighted by atomic mass is 16.1. The van der Waals surface area contributed by atoms with Gasteiger partial charge in [0.05, 0.1) is 0 Å². The minimum absolute atomic E-state index is 0.121. The van der Waals surface area contributed by atoms with Gasteiger partial charge in [0.1, 0.15) is 11.6 Å². The summed E-state index contributed by atoms with van der Waals surface area (Å²) in [5, 5.41) is 0. The van der Waals surface area contributed by atoms with Gasteiger partial charge in [-0.3, -0.25) is 9.59 Å². The van der Waals surface area contributed by atoms with Crippen LogP contribution >= 0.6 is 0 Å². The van der Waals surface area contributed by atoms with E-state index in [-0.39, 0.29) is 23.0 Å². The van der Waals surface area contributed by atoms with Crippen LogP contribution in [0.5, 0.6) is 0 Å². The van der Waals surface area contributed by atoms with E-state index in [1.54, 1.807) is 0 Å². The van der Waals surface area contributed by atoms with Crippen LogP contribution in [0.25, 0.3) is 0 Å². The maximum atomic E-state index is 12.1. The molecule has 0 aromatic heterocycles. The molecule has 0 radical (unpaired) electrons. The zero-order chi connectivity index (χ0) is 13.1. The van der Waals surface area contributed by atoms with Crippen molar-refractivity contribution < 1.29 is 9.59 Å². The van der Waals surface area contributed by atoms with Crippen LogP contribution < -0.4 is 0 Å². The summed E-state index contributed by atoms with van der Waals surface area (Å²) in [5.74, 6) is 0.639. The Morgan fingerprint density at radius 3 is 2.12 bits per heavy atom. The van der Waals surface area contributed by atoms with Crippen molar-refractivity contribution in [2.45, 2.75) is 66.2 Å². The first kappa shape index (κ1) is 14.4. The molecule has 1 atom stereocenters. The van der Waals surface area contributed by atoms with Crippen LogP contribution in [0.4, 0.5) is 0 Å². The van der Waals surface area contributed by atoms with Gasteiger partial charge in [0.2, 0.25) is 0 Å². The van der Waals surface area contributed by atoms with E-state index in [1.165, 1.54) is 19.3 Å². The molecule has 0 aromatic carbocycles. The van der Waals surface area contributed by atoms with Gasteiger partial charge in [-0.05, 0) is 12.8 Å². The smallest absolute Gasteiger partial charge is 0.141 e. The second kappa shape index (κ2) is 5.79. The summed E-state index contributed by atoms with van der Waals surface area (Å²) in [7, 11) is 0. The van der Waals surface area contributed by atoms with Crippen LogP contribution in [0.15, 0.2) is 0 Å². The quantitative estimate of drug-likeness (QED) is 0.747. The van der Waals surface area contributed by atoms with Gasteiger partial charge in [-0.1, -0.05) is 47.0 Å². The molecule has 0 aromatic rings. The summed E-state index contributed by atoms with van der Waals surface area (Å²) >= 11 is 0. The summed E-state index contributed by atoms with van der Waals surface area (Å²) in [6.07, 6.45) is 6.14. The third kappa shape index (κ3) is 4.25. The number of Topliss-reactive ketones (excluding diaryl/α,β-unsaturated/α-hetero) is 2. The third-order valence-electron chi connectivity index (χ3n) is 3.75. The monoisotopic (exact) mass is 238 g/mol. The van der Waals surface area contributed by atoms with Gasteiger partial charge in [0, 0.05) is 23.7 Å². The lowest BCUT2D eigenvalue weighted by atomic mass is 9.78. The largest absolute Gasteiger partial charge is 0.299 e. The summed E-state index contributed by atoms with van der Waals surface area (Å²) in [4.78, 5) is 24.1. The zero-order valence-electron chi connectivity index (χ0n) is 11.7. The Hall–Kier alpha value is -0.660. The van der Waals surface area contributed by atoms with Crippen LogP contribution in [0.3, 0.4) is 0 Å². The molecule has 1 aliphatic carbocycles. The first-order chi connectivity index (χ1) is 7.82. The molecule has 0 aliphatic heterocycles. The molecule has 0 amide bonds. The molecule has 1 aliphatic rings. The maximum absolute atomic E-state index is 12.1. The maximum Gasteiger partial charge on any atom is 0.141 e. The third-order valence-corrected chi connectivity index (χ3v) is 3.75. The highest BCUT2D eigenvalue weighted by Gasteiger charge is 2.30. The SMILES string of the molecule is CC(CC(=O)C1CCCCC1)C(=O)C(C)(C)C. The van der Waals surface area contributed by atoms with Gasteiger partial charge < -0.3 is 0 Å². The standard InChI is InChI=1S/C15H26O2/c1-11(14(17)15(2,3)4)10-13(16)12-8-6-5-7-9-12/h11-12H,5-10H2,1-4H3. The van der Waals surface area contributed by atoms with Gasteiger partial charge in [-0.25, -0.2) is 0 Å². The van der Waals surface area contributed by atoms with Crippen molar-refractivity contribution in [2.75, 3.05) is 0 Å². The van der Waals surface area contributed by atoms with E-state index >= 15 is 0 Å². The van der Waals surface area contributed by atoms with Crippen LogP contribution in [-0.2, 0) is 9.59 Å². The fourth-order valence-electron chi connectivity index (χ4n) is 2.72. The Kier molecular flexibility index (Phi) is 4.91. The van der Waals surface area contributed by atoms with E-state index in [1.807, 2.05) is 27.7 Å². The summed E-state index contributed by atoms with van der Waals surface area (Å²) in [6, 6.07) is 0. The number of carbonyl (C=O) groups is 2. The van der Waals surface area contributed by atoms with Crippen LogP contribution in [0, 0.1) is 17.3 Å². The lowest BCUT2D eigenvalue weighted by Crippen LogP contribution is -2.30. The number of hydrogen-bond donors (Lipinski definition) is 0. The molecule has 0 bridgehead atoms.